The molecule has 0 bridgehead atoms. The van der Waals surface area contributed by atoms with E-state index in [1.165, 1.54) is 17.6 Å². The van der Waals surface area contributed by atoms with Crippen molar-refractivity contribution in [1.82, 2.24) is 9.62 Å². The van der Waals surface area contributed by atoms with E-state index in [9.17, 15) is 13.2 Å². The maximum atomic E-state index is 12.4. The summed E-state index contributed by atoms with van der Waals surface area (Å²) in [5.74, 6) is 0.0702. The van der Waals surface area contributed by atoms with Crippen molar-refractivity contribution in [3.63, 3.8) is 0 Å². The van der Waals surface area contributed by atoms with Crippen LogP contribution in [0.15, 0.2) is 16.8 Å². The molecule has 3 rings (SSSR count). The molecular formula is C15H22N2O4S2. The SMILES string of the molecule is CS(=O)(=O)N[C@@H]1COCCC12CCN(C(=O)c1ccsc1)CC2. The highest BCUT2D eigenvalue weighted by Crippen LogP contribution is 2.41. The molecule has 3 heterocycles. The molecule has 1 spiro atoms. The number of likely N-dealkylation sites (tertiary alicyclic amines) is 1. The van der Waals surface area contributed by atoms with Crippen molar-refractivity contribution in [2.45, 2.75) is 25.3 Å². The first-order valence-corrected chi connectivity index (χ1v) is 10.6. The van der Waals surface area contributed by atoms with Crippen molar-refractivity contribution in [2.24, 2.45) is 5.41 Å². The van der Waals surface area contributed by atoms with Gasteiger partial charge in [-0.3, -0.25) is 4.79 Å². The predicted octanol–water partition coefficient (Wildman–Crippen LogP) is 1.31. The van der Waals surface area contributed by atoms with Crippen molar-refractivity contribution in [1.29, 1.82) is 0 Å². The maximum absolute atomic E-state index is 12.4. The third kappa shape index (κ3) is 3.76. The Balaban J connectivity index is 1.69. The van der Waals surface area contributed by atoms with E-state index in [1.54, 1.807) is 0 Å². The molecule has 2 aliphatic rings. The van der Waals surface area contributed by atoms with Crippen LogP contribution in [-0.2, 0) is 14.8 Å². The quantitative estimate of drug-likeness (QED) is 0.884. The molecule has 0 radical (unpaired) electrons. The average molecular weight is 358 g/mol. The van der Waals surface area contributed by atoms with Gasteiger partial charge in [-0.1, -0.05) is 0 Å². The summed E-state index contributed by atoms with van der Waals surface area (Å²) in [7, 11) is -3.27. The van der Waals surface area contributed by atoms with Crippen LogP contribution in [0.4, 0.5) is 0 Å². The molecule has 1 N–H and O–H groups in total. The van der Waals surface area contributed by atoms with E-state index in [4.69, 9.17) is 4.74 Å². The minimum Gasteiger partial charge on any atom is -0.380 e. The molecule has 23 heavy (non-hydrogen) atoms. The summed E-state index contributed by atoms with van der Waals surface area (Å²) in [4.78, 5) is 14.3. The van der Waals surface area contributed by atoms with Gasteiger partial charge in [0.2, 0.25) is 10.0 Å². The van der Waals surface area contributed by atoms with Crippen molar-refractivity contribution in [3.8, 4) is 0 Å². The van der Waals surface area contributed by atoms with Crippen LogP contribution in [0.1, 0.15) is 29.6 Å². The molecule has 2 aliphatic heterocycles. The molecule has 0 aliphatic carbocycles. The minimum atomic E-state index is -3.27. The monoisotopic (exact) mass is 358 g/mol. The maximum Gasteiger partial charge on any atom is 0.254 e. The first-order chi connectivity index (χ1) is 10.9. The number of amides is 1. The smallest absolute Gasteiger partial charge is 0.254 e. The van der Waals surface area contributed by atoms with Gasteiger partial charge in [-0.2, -0.15) is 11.3 Å². The van der Waals surface area contributed by atoms with E-state index < -0.39 is 10.0 Å². The topological polar surface area (TPSA) is 75.7 Å². The van der Waals surface area contributed by atoms with Crippen LogP contribution >= 0.6 is 11.3 Å². The van der Waals surface area contributed by atoms with Gasteiger partial charge in [0.15, 0.2) is 0 Å². The van der Waals surface area contributed by atoms with Crippen molar-refractivity contribution in [2.75, 3.05) is 32.6 Å². The number of nitrogens with zero attached hydrogens (tertiary/aromatic N) is 1. The van der Waals surface area contributed by atoms with Crippen LogP contribution < -0.4 is 4.72 Å². The fraction of sp³-hybridized carbons (Fsp3) is 0.667. The van der Waals surface area contributed by atoms with E-state index in [-0.39, 0.29) is 17.4 Å². The molecular weight excluding hydrogens is 336 g/mol. The molecule has 2 saturated heterocycles. The zero-order chi connectivity index (χ0) is 16.5. The van der Waals surface area contributed by atoms with Gasteiger partial charge in [0.25, 0.3) is 5.91 Å². The lowest BCUT2D eigenvalue weighted by Crippen LogP contribution is -2.57. The highest BCUT2D eigenvalue weighted by Gasteiger charge is 2.45. The molecule has 6 nitrogen and oxygen atoms in total. The second kappa shape index (κ2) is 6.51. The summed E-state index contributed by atoms with van der Waals surface area (Å²) in [6.45, 7) is 2.39. The fourth-order valence-corrected chi connectivity index (χ4v) is 5.03. The van der Waals surface area contributed by atoms with Gasteiger partial charge in [0.1, 0.15) is 0 Å². The zero-order valence-electron chi connectivity index (χ0n) is 13.2. The molecule has 128 valence electrons. The fourth-order valence-electron chi connectivity index (χ4n) is 3.57. The van der Waals surface area contributed by atoms with E-state index in [0.29, 0.717) is 26.3 Å². The van der Waals surface area contributed by atoms with Crippen LogP contribution in [0.2, 0.25) is 0 Å². The molecule has 1 aromatic rings. The number of hydrogen-bond acceptors (Lipinski definition) is 5. The summed E-state index contributed by atoms with van der Waals surface area (Å²) in [6, 6.07) is 1.64. The van der Waals surface area contributed by atoms with Gasteiger partial charge in [-0.15, -0.1) is 0 Å². The first kappa shape index (κ1) is 16.9. The molecule has 1 amide bonds. The summed E-state index contributed by atoms with van der Waals surface area (Å²) >= 11 is 1.52. The summed E-state index contributed by atoms with van der Waals surface area (Å²) in [5, 5.41) is 3.78. The lowest BCUT2D eigenvalue weighted by atomic mass is 9.69. The number of hydrogen-bond donors (Lipinski definition) is 1. The Bertz CT molecular complexity index is 649. The van der Waals surface area contributed by atoms with Crippen molar-refractivity contribution < 1.29 is 17.9 Å². The Morgan fingerprint density at radius 3 is 2.74 bits per heavy atom. The van der Waals surface area contributed by atoms with Gasteiger partial charge in [0.05, 0.1) is 24.5 Å². The third-order valence-corrected chi connectivity index (χ3v) is 6.33. The van der Waals surface area contributed by atoms with Crippen LogP contribution in [-0.4, -0.2) is 57.8 Å². The Labute approximate surface area is 140 Å². The Morgan fingerprint density at radius 1 is 1.39 bits per heavy atom. The molecule has 8 heteroatoms. The van der Waals surface area contributed by atoms with Gasteiger partial charge in [-0.05, 0) is 36.1 Å². The van der Waals surface area contributed by atoms with E-state index in [2.05, 4.69) is 4.72 Å². The lowest BCUT2D eigenvalue weighted by Gasteiger charge is -2.48. The highest BCUT2D eigenvalue weighted by atomic mass is 32.2. The number of ether oxygens (including phenoxy) is 1. The Hall–Kier alpha value is -0.960. The minimum absolute atomic E-state index is 0.0702. The standard InChI is InChI=1S/C15H22N2O4S2/c1-23(19,20)16-13-10-21-8-5-15(13)3-6-17(7-4-15)14(18)12-2-9-22-11-12/h2,9,11,13,16H,3-8,10H2,1H3/t13-/m1/s1. The molecule has 0 aromatic carbocycles. The van der Waals surface area contributed by atoms with Crippen LogP contribution in [0, 0.1) is 5.41 Å². The highest BCUT2D eigenvalue weighted by molar-refractivity contribution is 7.88. The number of sulfonamides is 1. The van der Waals surface area contributed by atoms with Gasteiger partial charge >= 0.3 is 0 Å². The van der Waals surface area contributed by atoms with E-state index in [0.717, 1.165) is 24.8 Å². The summed E-state index contributed by atoms with van der Waals surface area (Å²) in [5.41, 5.74) is 0.635. The van der Waals surface area contributed by atoms with E-state index in [1.807, 2.05) is 21.7 Å². The van der Waals surface area contributed by atoms with Crippen molar-refractivity contribution >= 4 is 27.3 Å². The number of rotatable bonds is 3. The molecule has 0 unspecified atom stereocenters. The first-order valence-electron chi connectivity index (χ1n) is 7.76. The van der Waals surface area contributed by atoms with Crippen LogP contribution in [0.5, 0.6) is 0 Å². The molecule has 2 fully saturated rings. The van der Waals surface area contributed by atoms with Crippen molar-refractivity contribution in [3.05, 3.63) is 22.4 Å². The predicted molar refractivity (Wildman–Crippen MR) is 89.1 cm³/mol. The second-order valence-corrected chi connectivity index (χ2v) is 8.99. The molecule has 1 atom stereocenters. The Morgan fingerprint density at radius 2 is 2.13 bits per heavy atom. The van der Waals surface area contributed by atoms with Crippen LogP contribution in [0.25, 0.3) is 0 Å². The number of nitrogens with one attached hydrogen (secondary N) is 1. The lowest BCUT2D eigenvalue weighted by molar-refractivity contribution is -0.0400. The molecule has 1 aromatic heterocycles. The Kier molecular flexibility index (Phi) is 4.78. The number of carbonyl (C=O) groups excluding carboxylic acids is 1. The van der Waals surface area contributed by atoms with Crippen LogP contribution in [0.3, 0.4) is 0 Å². The van der Waals surface area contributed by atoms with Gasteiger partial charge in [-0.25, -0.2) is 13.1 Å². The summed E-state index contributed by atoms with van der Waals surface area (Å²) in [6.07, 6.45) is 3.63. The van der Waals surface area contributed by atoms with E-state index >= 15 is 0 Å². The largest absolute Gasteiger partial charge is 0.380 e. The average Bonchev–Trinajstić information content (AvgIpc) is 3.03. The third-order valence-electron chi connectivity index (χ3n) is 4.94. The zero-order valence-corrected chi connectivity index (χ0v) is 14.8. The van der Waals surface area contributed by atoms with Gasteiger partial charge in [0, 0.05) is 25.1 Å². The van der Waals surface area contributed by atoms with Gasteiger partial charge < -0.3 is 9.64 Å². The number of carbonyl (C=O) groups is 1. The molecule has 0 saturated carbocycles. The number of piperidine rings is 1. The number of thiophene rings is 1. The summed E-state index contributed by atoms with van der Waals surface area (Å²) < 4.78 is 31.5. The second-order valence-electron chi connectivity index (χ2n) is 6.43. The normalized spacial score (nSPS) is 24.7.